The van der Waals surface area contributed by atoms with E-state index in [1.54, 1.807) is 36.4 Å². The highest BCUT2D eigenvalue weighted by atomic mass is 79.9. The maximum atomic E-state index is 13.9. The van der Waals surface area contributed by atoms with Gasteiger partial charge in [-0.25, -0.2) is 13.1 Å². The van der Waals surface area contributed by atoms with Gasteiger partial charge < -0.3 is 0 Å². The van der Waals surface area contributed by atoms with Gasteiger partial charge in [0.2, 0.25) is 0 Å². The number of halogens is 6. The standard InChI is InChI=1S/C23H16BrCl2F3N4O2S2/c1-37(34,35)19-17(20-30-31-21(36-20)22(9-2-10-22)23(27,28)29)32-33(16-8-7-14(25)11-15(16)26)18(19)12-3-5-13(24)6-4-12/h3-8,11H,2,9-10H2,1H3. The lowest BCUT2D eigenvalue weighted by Gasteiger charge is -2.40. The smallest absolute Gasteiger partial charge is 0.229 e. The van der Waals surface area contributed by atoms with Crippen LogP contribution in [0.25, 0.3) is 27.6 Å². The number of hydrogen-bond donors (Lipinski definition) is 0. The van der Waals surface area contributed by atoms with Gasteiger partial charge in [-0.15, -0.1) is 10.2 Å². The van der Waals surface area contributed by atoms with E-state index in [-0.39, 0.29) is 44.2 Å². The van der Waals surface area contributed by atoms with Gasteiger partial charge in [0.15, 0.2) is 14.8 Å². The predicted molar refractivity (Wildman–Crippen MR) is 140 cm³/mol. The SMILES string of the molecule is CS(=O)(=O)c1c(-c2nnc(C3(C(F)(F)F)CCC3)s2)nn(-c2ccc(Cl)cc2Cl)c1-c1ccc(Br)cc1. The summed E-state index contributed by atoms with van der Waals surface area (Å²) in [5, 5.41) is 12.7. The minimum Gasteiger partial charge on any atom is -0.229 e. The van der Waals surface area contributed by atoms with E-state index in [9.17, 15) is 21.6 Å². The van der Waals surface area contributed by atoms with Crippen LogP contribution < -0.4 is 0 Å². The fourth-order valence-corrected chi connectivity index (χ4v) is 7.21. The van der Waals surface area contributed by atoms with E-state index in [2.05, 4.69) is 31.2 Å². The summed E-state index contributed by atoms with van der Waals surface area (Å²) < 4.78 is 70.2. The lowest BCUT2D eigenvalue weighted by molar-refractivity contribution is -0.212. The Morgan fingerprint density at radius 2 is 1.76 bits per heavy atom. The molecule has 0 bridgehead atoms. The van der Waals surface area contributed by atoms with Crippen molar-refractivity contribution in [2.24, 2.45) is 0 Å². The first-order chi connectivity index (χ1) is 17.3. The second kappa shape index (κ2) is 9.33. The third-order valence-corrected chi connectivity index (χ3v) is 9.58. The normalized spacial score (nSPS) is 15.5. The molecule has 14 heteroatoms. The van der Waals surface area contributed by atoms with Gasteiger partial charge in [-0.2, -0.15) is 18.3 Å². The van der Waals surface area contributed by atoms with Crippen molar-refractivity contribution in [2.45, 2.75) is 35.7 Å². The molecule has 2 heterocycles. The molecule has 1 aliphatic rings. The second-order valence-electron chi connectivity index (χ2n) is 8.66. The number of nitrogens with zero attached hydrogens (tertiary/aromatic N) is 4. The van der Waals surface area contributed by atoms with Crippen LogP contribution in [-0.2, 0) is 15.3 Å². The summed E-state index contributed by atoms with van der Waals surface area (Å²) in [5.74, 6) is 0. The Kier molecular flexibility index (Phi) is 6.71. The first-order valence-corrected chi connectivity index (χ1v) is 15.0. The highest BCUT2D eigenvalue weighted by Gasteiger charge is 2.61. The van der Waals surface area contributed by atoms with Crippen molar-refractivity contribution in [3.8, 4) is 27.6 Å². The molecule has 0 atom stereocenters. The van der Waals surface area contributed by atoms with Crippen molar-refractivity contribution in [1.82, 2.24) is 20.0 Å². The van der Waals surface area contributed by atoms with Crippen molar-refractivity contribution >= 4 is 60.3 Å². The van der Waals surface area contributed by atoms with Crippen molar-refractivity contribution < 1.29 is 21.6 Å². The van der Waals surface area contributed by atoms with Gasteiger partial charge in [-0.05, 0) is 43.2 Å². The fourth-order valence-electron chi connectivity index (χ4n) is 4.24. The summed E-state index contributed by atoms with van der Waals surface area (Å²) >= 11 is 16.6. The number of aromatic nitrogens is 4. The summed E-state index contributed by atoms with van der Waals surface area (Å²) in [7, 11) is -3.97. The van der Waals surface area contributed by atoms with Crippen LogP contribution in [0.15, 0.2) is 51.8 Å². The van der Waals surface area contributed by atoms with E-state index in [0.29, 0.717) is 34.0 Å². The zero-order chi connectivity index (χ0) is 26.8. The first kappa shape index (κ1) is 26.6. The van der Waals surface area contributed by atoms with E-state index in [1.807, 2.05) is 0 Å². The van der Waals surface area contributed by atoms with Crippen molar-refractivity contribution in [2.75, 3.05) is 6.26 Å². The Bertz CT molecular complexity index is 1620. The largest absolute Gasteiger partial charge is 0.400 e. The molecule has 37 heavy (non-hydrogen) atoms. The Morgan fingerprint density at radius 3 is 2.30 bits per heavy atom. The lowest BCUT2D eigenvalue weighted by atomic mass is 9.68. The number of sulfone groups is 1. The molecule has 1 fully saturated rings. The zero-order valence-electron chi connectivity index (χ0n) is 18.9. The Morgan fingerprint density at radius 1 is 1.08 bits per heavy atom. The van der Waals surface area contributed by atoms with Crippen LogP contribution in [0.2, 0.25) is 10.0 Å². The maximum Gasteiger partial charge on any atom is 0.400 e. The molecule has 0 radical (unpaired) electrons. The molecule has 5 rings (SSSR count). The van der Waals surface area contributed by atoms with Crippen LogP contribution in [0.1, 0.15) is 24.3 Å². The van der Waals surface area contributed by atoms with Gasteiger partial charge in [0.1, 0.15) is 21.0 Å². The van der Waals surface area contributed by atoms with Gasteiger partial charge in [-0.3, -0.25) is 0 Å². The van der Waals surface area contributed by atoms with E-state index >= 15 is 0 Å². The average molecular weight is 652 g/mol. The number of rotatable bonds is 5. The molecule has 1 saturated carbocycles. The summed E-state index contributed by atoms with van der Waals surface area (Å²) in [5.41, 5.74) is -1.18. The monoisotopic (exact) mass is 650 g/mol. The molecule has 2 aromatic heterocycles. The number of benzene rings is 2. The summed E-state index contributed by atoms with van der Waals surface area (Å²) in [6, 6.07) is 11.5. The Hall–Kier alpha value is -1.99. The number of alkyl halides is 3. The fraction of sp³-hybridized carbons (Fsp3) is 0.261. The first-order valence-electron chi connectivity index (χ1n) is 10.8. The molecular weight excluding hydrogens is 636 g/mol. The second-order valence-corrected chi connectivity index (χ2v) is 13.3. The molecule has 0 saturated heterocycles. The van der Waals surface area contributed by atoms with E-state index in [0.717, 1.165) is 10.7 Å². The van der Waals surface area contributed by atoms with Gasteiger partial charge in [-0.1, -0.05) is 69.0 Å². The van der Waals surface area contributed by atoms with Gasteiger partial charge in [0.25, 0.3) is 0 Å². The van der Waals surface area contributed by atoms with Crippen molar-refractivity contribution in [3.05, 3.63) is 62.0 Å². The van der Waals surface area contributed by atoms with Gasteiger partial charge >= 0.3 is 6.18 Å². The molecule has 0 N–H and O–H groups in total. The zero-order valence-corrected chi connectivity index (χ0v) is 23.6. The van der Waals surface area contributed by atoms with E-state index in [1.165, 1.54) is 10.7 Å². The third-order valence-electron chi connectivity index (χ3n) is 6.26. The van der Waals surface area contributed by atoms with Crippen LogP contribution in [0, 0.1) is 0 Å². The van der Waals surface area contributed by atoms with Crippen molar-refractivity contribution in [1.29, 1.82) is 0 Å². The highest BCUT2D eigenvalue weighted by molar-refractivity contribution is 9.10. The molecular formula is C23H16BrCl2F3N4O2S2. The minimum atomic E-state index is -4.50. The quantitative estimate of drug-likeness (QED) is 0.223. The predicted octanol–water partition coefficient (Wildman–Crippen LogP) is 7.51. The molecule has 0 unspecified atom stereocenters. The van der Waals surface area contributed by atoms with Crippen LogP contribution in [0.5, 0.6) is 0 Å². The average Bonchev–Trinajstić information content (AvgIpc) is 3.38. The molecule has 6 nitrogen and oxygen atoms in total. The molecule has 0 aliphatic heterocycles. The Balaban J connectivity index is 1.80. The molecule has 194 valence electrons. The maximum absolute atomic E-state index is 13.9. The van der Waals surface area contributed by atoms with Crippen LogP contribution in [-0.4, -0.2) is 40.8 Å². The topological polar surface area (TPSA) is 77.7 Å². The highest BCUT2D eigenvalue weighted by Crippen LogP contribution is 2.56. The minimum absolute atomic E-state index is 0.0341. The molecule has 4 aromatic rings. The third kappa shape index (κ3) is 4.60. The summed E-state index contributed by atoms with van der Waals surface area (Å²) in [4.78, 5) is -0.196. The number of hydrogen-bond acceptors (Lipinski definition) is 6. The van der Waals surface area contributed by atoms with Crippen LogP contribution in [0.3, 0.4) is 0 Å². The van der Waals surface area contributed by atoms with E-state index in [4.69, 9.17) is 23.2 Å². The summed E-state index contributed by atoms with van der Waals surface area (Å²) in [6.45, 7) is 0. The van der Waals surface area contributed by atoms with Gasteiger partial charge in [0.05, 0.1) is 16.4 Å². The van der Waals surface area contributed by atoms with E-state index < -0.39 is 21.4 Å². The summed E-state index contributed by atoms with van der Waals surface area (Å²) in [6.07, 6.45) is -3.26. The Labute approximate surface area is 232 Å². The van der Waals surface area contributed by atoms with Crippen LogP contribution in [0.4, 0.5) is 13.2 Å². The molecule has 2 aromatic carbocycles. The van der Waals surface area contributed by atoms with Crippen molar-refractivity contribution in [3.63, 3.8) is 0 Å². The van der Waals surface area contributed by atoms with Crippen LogP contribution >= 0.6 is 50.5 Å². The molecule has 0 amide bonds. The lowest BCUT2D eigenvalue weighted by Crippen LogP contribution is -2.47. The molecule has 1 aliphatic carbocycles. The van der Waals surface area contributed by atoms with Gasteiger partial charge in [0, 0.05) is 21.3 Å². The molecule has 0 spiro atoms.